The monoisotopic (exact) mass is 449 g/mol. The molecule has 0 aliphatic carbocycles. The molecule has 8 nitrogen and oxygen atoms in total. The highest BCUT2D eigenvalue weighted by atomic mass is 32.1. The third-order valence-corrected chi connectivity index (χ3v) is 5.96. The minimum absolute atomic E-state index is 0.0558. The van der Waals surface area contributed by atoms with Crippen molar-refractivity contribution in [2.24, 2.45) is 5.73 Å². The number of allylic oxidation sites excluding steroid dienone is 1. The van der Waals surface area contributed by atoms with E-state index >= 15 is 0 Å². The summed E-state index contributed by atoms with van der Waals surface area (Å²) in [6.45, 7) is 0.857. The number of thiazole rings is 1. The van der Waals surface area contributed by atoms with Crippen molar-refractivity contribution < 1.29 is 13.6 Å². The Morgan fingerprint density at radius 1 is 1.35 bits per heavy atom. The Labute approximate surface area is 182 Å². The lowest BCUT2D eigenvalue weighted by Gasteiger charge is -2.27. The Kier molecular flexibility index (Phi) is 7.18. The van der Waals surface area contributed by atoms with Crippen LogP contribution in [0.25, 0.3) is 10.6 Å². The quantitative estimate of drug-likeness (QED) is 0.429. The number of nitrogens with two attached hydrogens (primary N) is 2. The van der Waals surface area contributed by atoms with E-state index in [0.29, 0.717) is 25.3 Å². The molecule has 0 radical (unpaired) electrons. The number of carbonyl (C=O) groups is 1. The van der Waals surface area contributed by atoms with Crippen LogP contribution in [0.15, 0.2) is 35.8 Å². The lowest BCUT2D eigenvalue weighted by molar-refractivity contribution is 0.0963. The number of hydrogen-bond donors (Lipinski definition) is 5. The molecule has 2 aromatic rings. The smallest absolute Gasteiger partial charge is 0.277 e. The van der Waals surface area contributed by atoms with Gasteiger partial charge >= 0.3 is 0 Å². The van der Waals surface area contributed by atoms with E-state index in [1.807, 2.05) is 4.90 Å². The van der Waals surface area contributed by atoms with Crippen molar-refractivity contribution in [1.82, 2.24) is 20.5 Å². The van der Waals surface area contributed by atoms with Gasteiger partial charge in [-0.15, -0.1) is 0 Å². The van der Waals surface area contributed by atoms with Gasteiger partial charge in [0.1, 0.15) is 27.8 Å². The largest absolute Gasteiger partial charge is 0.389 e. The van der Waals surface area contributed by atoms with Gasteiger partial charge in [-0.1, -0.05) is 23.5 Å². The molecular weight excluding hydrogens is 424 g/mol. The van der Waals surface area contributed by atoms with Crippen molar-refractivity contribution in [1.29, 1.82) is 5.41 Å². The van der Waals surface area contributed by atoms with Crippen LogP contribution in [0.1, 0.15) is 23.3 Å². The number of nitrogens with one attached hydrogen (secondary N) is 3. The molecule has 1 fully saturated rings. The van der Waals surface area contributed by atoms with E-state index in [2.05, 4.69) is 15.6 Å². The van der Waals surface area contributed by atoms with Gasteiger partial charge in [0, 0.05) is 38.0 Å². The fourth-order valence-electron chi connectivity index (χ4n) is 3.37. The van der Waals surface area contributed by atoms with Gasteiger partial charge < -0.3 is 32.4 Å². The molecule has 1 aromatic heterocycles. The number of carbonyl (C=O) groups excluding carboxylic acids is 1. The number of nitrogen functional groups attached to an aromatic ring is 1. The summed E-state index contributed by atoms with van der Waals surface area (Å²) < 4.78 is 28.0. The maximum atomic E-state index is 14.1. The second-order valence-corrected chi connectivity index (χ2v) is 8.10. The second-order valence-electron chi connectivity index (χ2n) is 7.07. The molecule has 2 atom stereocenters. The minimum atomic E-state index is -1.10. The molecule has 1 aromatic carbocycles. The van der Waals surface area contributed by atoms with Gasteiger partial charge in [0.15, 0.2) is 5.69 Å². The first-order valence-electron chi connectivity index (χ1n) is 9.75. The van der Waals surface area contributed by atoms with Crippen LogP contribution in [-0.2, 0) is 0 Å². The molecule has 166 valence electrons. The molecule has 1 amide bonds. The summed E-state index contributed by atoms with van der Waals surface area (Å²) in [5.41, 5.74) is 12.2. The third kappa shape index (κ3) is 5.00. The van der Waals surface area contributed by atoms with Gasteiger partial charge in [-0.05, 0) is 25.0 Å². The lowest BCUT2D eigenvalue weighted by Crippen LogP contribution is -2.37. The SMILES string of the molecule is CN/C(=C(\C=N)NC(=O)c1nc(-c2ccccc2F)sc1N)N1CCC(N)C(F)CC1. The highest BCUT2D eigenvalue weighted by molar-refractivity contribution is 7.19. The molecule has 3 rings (SSSR count). The first-order valence-corrected chi connectivity index (χ1v) is 10.6. The van der Waals surface area contributed by atoms with Crippen LogP contribution in [-0.4, -0.2) is 54.4 Å². The minimum Gasteiger partial charge on any atom is -0.389 e. The maximum Gasteiger partial charge on any atom is 0.277 e. The van der Waals surface area contributed by atoms with Crippen LogP contribution in [0, 0.1) is 11.2 Å². The molecule has 7 N–H and O–H groups in total. The van der Waals surface area contributed by atoms with Gasteiger partial charge in [-0.2, -0.15) is 0 Å². The van der Waals surface area contributed by atoms with Gasteiger partial charge in [-0.25, -0.2) is 13.8 Å². The predicted octanol–water partition coefficient (Wildman–Crippen LogP) is 2.06. The van der Waals surface area contributed by atoms with Crippen LogP contribution < -0.4 is 22.1 Å². The van der Waals surface area contributed by atoms with E-state index < -0.39 is 23.9 Å². The number of rotatable bonds is 6. The molecule has 2 unspecified atom stereocenters. The Balaban J connectivity index is 1.85. The highest BCUT2D eigenvalue weighted by Gasteiger charge is 2.26. The number of benzene rings is 1. The van der Waals surface area contributed by atoms with Crippen LogP contribution in [0.5, 0.6) is 0 Å². The average Bonchev–Trinajstić information content (AvgIpc) is 3.07. The second kappa shape index (κ2) is 9.84. The van der Waals surface area contributed by atoms with Crippen molar-refractivity contribution in [2.75, 3.05) is 25.9 Å². The number of halogens is 2. The van der Waals surface area contributed by atoms with Crippen molar-refractivity contribution in [3.05, 3.63) is 47.3 Å². The summed E-state index contributed by atoms with van der Waals surface area (Å²) >= 11 is 1.00. The topological polar surface area (TPSA) is 133 Å². The molecule has 0 bridgehead atoms. The Bertz CT molecular complexity index is 982. The van der Waals surface area contributed by atoms with Gasteiger partial charge in [0.25, 0.3) is 5.91 Å². The molecule has 2 heterocycles. The number of anilines is 1. The number of aromatic nitrogens is 1. The Morgan fingerprint density at radius 3 is 2.74 bits per heavy atom. The van der Waals surface area contributed by atoms with Crippen molar-refractivity contribution in [2.45, 2.75) is 25.1 Å². The first-order chi connectivity index (χ1) is 14.8. The standard InChI is InChI=1S/C20H25F2N7OS/c1-26-18(29-8-6-13(22)14(24)7-9-29)15(10-23)27-19(30)16-17(25)31-20(28-16)11-4-2-3-5-12(11)21/h2-5,10,13-14,23,26H,6-9,24-25H2,1H3,(H,27,30)/b18-15-,23-10?. The number of likely N-dealkylation sites (tertiary alicyclic amines) is 1. The lowest BCUT2D eigenvalue weighted by atomic mass is 10.1. The van der Waals surface area contributed by atoms with E-state index in [9.17, 15) is 13.6 Å². The van der Waals surface area contributed by atoms with Crippen molar-refractivity contribution in [3.8, 4) is 10.6 Å². The van der Waals surface area contributed by atoms with Crippen molar-refractivity contribution in [3.63, 3.8) is 0 Å². The zero-order valence-corrected chi connectivity index (χ0v) is 17.8. The van der Waals surface area contributed by atoms with E-state index in [0.717, 1.165) is 17.6 Å². The molecular formula is C20H25F2N7OS. The zero-order valence-electron chi connectivity index (χ0n) is 17.0. The summed E-state index contributed by atoms with van der Waals surface area (Å²) in [7, 11) is 1.65. The summed E-state index contributed by atoms with van der Waals surface area (Å²) in [4.78, 5) is 18.9. The van der Waals surface area contributed by atoms with Gasteiger partial charge in [0.2, 0.25) is 0 Å². The molecule has 1 saturated heterocycles. The highest BCUT2D eigenvalue weighted by Crippen LogP contribution is 2.31. The van der Waals surface area contributed by atoms with Gasteiger partial charge in [0.05, 0.1) is 5.70 Å². The Hall–Kier alpha value is -3.05. The zero-order chi connectivity index (χ0) is 22.5. The fraction of sp³-hybridized carbons (Fsp3) is 0.350. The third-order valence-electron chi connectivity index (χ3n) is 5.05. The summed E-state index contributed by atoms with van der Waals surface area (Å²) in [6, 6.07) is 5.54. The molecule has 0 spiro atoms. The molecule has 11 heteroatoms. The average molecular weight is 450 g/mol. The van der Waals surface area contributed by atoms with Crippen LogP contribution >= 0.6 is 11.3 Å². The van der Waals surface area contributed by atoms with Crippen LogP contribution in [0.3, 0.4) is 0 Å². The maximum absolute atomic E-state index is 14.1. The molecule has 0 saturated carbocycles. The number of hydrogen-bond acceptors (Lipinski definition) is 8. The number of nitrogens with zero attached hydrogens (tertiary/aromatic N) is 2. The molecule has 31 heavy (non-hydrogen) atoms. The summed E-state index contributed by atoms with van der Waals surface area (Å²) in [6.07, 6.45) is 0.572. The number of alkyl halides is 1. The van der Waals surface area contributed by atoms with E-state index in [1.54, 1.807) is 25.2 Å². The fourth-order valence-corrected chi connectivity index (χ4v) is 4.22. The summed E-state index contributed by atoms with van der Waals surface area (Å²) in [5, 5.41) is 13.8. The van der Waals surface area contributed by atoms with Crippen LogP contribution in [0.2, 0.25) is 0 Å². The van der Waals surface area contributed by atoms with E-state index in [4.69, 9.17) is 16.9 Å². The van der Waals surface area contributed by atoms with Crippen LogP contribution in [0.4, 0.5) is 13.8 Å². The predicted molar refractivity (Wildman–Crippen MR) is 118 cm³/mol. The summed E-state index contributed by atoms with van der Waals surface area (Å²) in [5.74, 6) is -0.628. The first kappa shape index (κ1) is 22.6. The van der Waals surface area contributed by atoms with E-state index in [-0.39, 0.29) is 33.4 Å². The molecule has 1 aliphatic rings. The normalized spacial score (nSPS) is 19.9. The van der Waals surface area contributed by atoms with Crippen molar-refractivity contribution >= 4 is 28.5 Å². The van der Waals surface area contributed by atoms with E-state index in [1.165, 1.54) is 6.07 Å². The van der Waals surface area contributed by atoms with Gasteiger partial charge in [-0.3, -0.25) is 4.79 Å². The number of amides is 1. The molecule has 1 aliphatic heterocycles. The Morgan fingerprint density at radius 2 is 2.06 bits per heavy atom.